The van der Waals surface area contributed by atoms with Crippen LogP contribution in [0.25, 0.3) is 10.9 Å². The number of nitro benzene ring substituents is 1. The van der Waals surface area contributed by atoms with Crippen molar-refractivity contribution in [1.29, 1.82) is 0 Å². The summed E-state index contributed by atoms with van der Waals surface area (Å²) in [5.74, 6) is 1.06. The number of fused-ring (bicyclic) bond motifs is 1. The zero-order chi connectivity index (χ0) is 15.7. The van der Waals surface area contributed by atoms with Crippen LogP contribution in [-0.4, -0.2) is 29.5 Å². The molecule has 1 aliphatic heterocycles. The molecule has 0 radical (unpaired) electrons. The lowest BCUT2D eigenvalue weighted by atomic mass is 9.87. The van der Waals surface area contributed by atoms with Gasteiger partial charge in [0.25, 0.3) is 5.69 Å². The van der Waals surface area contributed by atoms with Gasteiger partial charge in [0.2, 0.25) is 0 Å². The number of rotatable bonds is 3. The maximum absolute atomic E-state index is 11.2. The number of pyridine rings is 1. The molecule has 22 heavy (non-hydrogen) atoms. The molecule has 1 aliphatic rings. The van der Waals surface area contributed by atoms with Gasteiger partial charge in [-0.3, -0.25) is 15.1 Å². The minimum atomic E-state index is -0.352. The first-order valence-electron chi connectivity index (χ1n) is 7.59. The van der Waals surface area contributed by atoms with Crippen LogP contribution in [0.1, 0.15) is 13.3 Å². The number of nitrogens with zero attached hydrogens (tertiary/aromatic N) is 3. The Morgan fingerprint density at radius 3 is 3.00 bits per heavy atom. The molecule has 1 saturated heterocycles. The third-order valence-corrected chi connectivity index (χ3v) is 4.68. The molecule has 3 rings (SSSR count). The van der Waals surface area contributed by atoms with Gasteiger partial charge in [0, 0.05) is 25.4 Å². The van der Waals surface area contributed by atoms with Gasteiger partial charge < -0.3 is 10.6 Å². The summed E-state index contributed by atoms with van der Waals surface area (Å²) < 4.78 is 0. The van der Waals surface area contributed by atoms with Gasteiger partial charge in [-0.05, 0) is 43.0 Å². The summed E-state index contributed by atoms with van der Waals surface area (Å²) >= 11 is 0. The maximum atomic E-state index is 11.2. The lowest BCUT2D eigenvalue weighted by Gasteiger charge is -2.38. The first kappa shape index (κ1) is 14.7. The van der Waals surface area contributed by atoms with Crippen molar-refractivity contribution >= 4 is 22.3 Å². The van der Waals surface area contributed by atoms with Crippen LogP contribution in [0.3, 0.4) is 0 Å². The van der Waals surface area contributed by atoms with E-state index in [9.17, 15) is 10.1 Å². The third kappa shape index (κ3) is 2.50. The van der Waals surface area contributed by atoms with Crippen LogP contribution in [-0.2, 0) is 0 Å². The van der Waals surface area contributed by atoms with Crippen LogP contribution in [0.15, 0.2) is 30.5 Å². The number of piperidine rings is 1. The molecule has 2 heterocycles. The molecule has 2 atom stereocenters. The first-order chi connectivity index (χ1) is 10.6. The summed E-state index contributed by atoms with van der Waals surface area (Å²) in [5.41, 5.74) is 7.64. The summed E-state index contributed by atoms with van der Waals surface area (Å²) in [6, 6.07) is 6.89. The van der Waals surface area contributed by atoms with Gasteiger partial charge in [0.15, 0.2) is 0 Å². The first-order valence-corrected chi connectivity index (χ1v) is 7.59. The van der Waals surface area contributed by atoms with E-state index in [1.807, 2.05) is 6.07 Å². The number of benzene rings is 1. The molecule has 0 amide bonds. The van der Waals surface area contributed by atoms with Crippen LogP contribution in [0, 0.1) is 22.0 Å². The zero-order valence-corrected chi connectivity index (χ0v) is 12.6. The molecule has 1 aromatic heterocycles. The molecule has 116 valence electrons. The monoisotopic (exact) mass is 300 g/mol. The van der Waals surface area contributed by atoms with E-state index in [0.717, 1.165) is 25.2 Å². The summed E-state index contributed by atoms with van der Waals surface area (Å²) in [7, 11) is 0. The van der Waals surface area contributed by atoms with E-state index >= 15 is 0 Å². The molecule has 6 nitrogen and oxygen atoms in total. The Labute approximate surface area is 129 Å². The van der Waals surface area contributed by atoms with Gasteiger partial charge >= 0.3 is 0 Å². The van der Waals surface area contributed by atoms with E-state index < -0.39 is 0 Å². The Hall–Kier alpha value is -2.21. The van der Waals surface area contributed by atoms with E-state index in [1.165, 1.54) is 0 Å². The van der Waals surface area contributed by atoms with E-state index in [1.54, 1.807) is 24.4 Å². The number of aromatic nitrogens is 1. The molecular formula is C16H20N4O2. The second-order valence-corrected chi connectivity index (χ2v) is 5.97. The number of nitrogens with two attached hydrogens (primary N) is 1. The van der Waals surface area contributed by atoms with Gasteiger partial charge in [-0.25, -0.2) is 0 Å². The van der Waals surface area contributed by atoms with Crippen molar-refractivity contribution in [2.75, 3.05) is 24.5 Å². The van der Waals surface area contributed by atoms with Gasteiger partial charge in [-0.15, -0.1) is 0 Å². The molecule has 1 fully saturated rings. The van der Waals surface area contributed by atoms with Crippen LogP contribution in [0.2, 0.25) is 0 Å². The minimum absolute atomic E-state index is 0.104. The van der Waals surface area contributed by atoms with Gasteiger partial charge in [-0.1, -0.05) is 6.92 Å². The average Bonchev–Trinajstić information content (AvgIpc) is 2.54. The third-order valence-electron chi connectivity index (χ3n) is 4.68. The van der Waals surface area contributed by atoms with Crippen molar-refractivity contribution in [2.24, 2.45) is 17.6 Å². The molecule has 1 aromatic carbocycles. The van der Waals surface area contributed by atoms with E-state index in [0.29, 0.717) is 29.3 Å². The van der Waals surface area contributed by atoms with Crippen molar-refractivity contribution in [3.05, 3.63) is 40.6 Å². The van der Waals surface area contributed by atoms with Crippen molar-refractivity contribution in [3.63, 3.8) is 0 Å². The molecule has 0 spiro atoms. The second-order valence-electron chi connectivity index (χ2n) is 5.97. The normalized spacial score (nSPS) is 22.0. The van der Waals surface area contributed by atoms with E-state index in [2.05, 4.69) is 16.8 Å². The molecule has 2 N–H and O–H groups in total. The summed E-state index contributed by atoms with van der Waals surface area (Å²) in [6.45, 7) is 4.71. The Bertz CT molecular complexity index is 704. The van der Waals surface area contributed by atoms with Crippen molar-refractivity contribution < 1.29 is 4.92 Å². The predicted molar refractivity (Wildman–Crippen MR) is 86.9 cm³/mol. The molecule has 6 heteroatoms. The van der Waals surface area contributed by atoms with E-state index in [-0.39, 0.29) is 10.6 Å². The van der Waals surface area contributed by atoms with Gasteiger partial charge in [0.1, 0.15) is 5.52 Å². The Morgan fingerprint density at radius 2 is 2.27 bits per heavy atom. The molecule has 0 saturated carbocycles. The zero-order valence-electron chi connectivity index (χ0n) is 12.6. The van der Waals surface area contributed by atoms with Crippen molar-refractivity contribution in [1.82, 2.24) is 4.98 Å². The molecule has 2 aromatic rings. The highest BCUT2D eigenvalue weighted by Crippen LogP contribution is 2.34. The van der Waals surface area contributed by atoms with Crippen LogP contribution in [0.4, 0.5) is 11.4 Å². The fraction of sp³-hybridized carbons (Fsp3) is 0.438. The number of hydrogen-bond donors (Lipinski definition) is 1. The number of non-ortho nitro benzene ring substituents is 1. The highest BCUT2D eigenvalue weighted by molar-refractivity contribution is 5.97. The Balaban J connectivity index is 2.05. The number of anilines is 1. The van der Waals surface area contributed by atoms with Crippen molar-refractivity contribution in [3.8, 4) is 0 Å². The van der Waals surface area contributed by atoms with Crippen LogP contribution < -0.4 is 10.6 Å². The average molecular weight is 300 g/mol. The Morgan fingerprint density at radius 1 is 1.45 bits per heavy atom. The minimum Gasteiger partial charge on any atom is -0.369 e. The summed E-state index contributed by atoms with van der Waals surface area (Å²) in [6.07, 6.45) is 2.76. The molecular weight excluding hydrogens is 280 g/mol. The van der Waals surface area contributed by atoms with Crippen LogP contribution in [0.5, 0.6) is 0 Å². The smallest absolute Gasteiger partial charge is 0.278 e. The summed E-state index contributed by atoms with van der Waals surface area (Å²) in [5, 5.41) is 11.8. The van der Waals surface area contributed by atoms with Crippen molar-refractivity contribution in [2.45, 2.75) is 13.3 Å². The highest BCUT2D eigenvalue weighted by Gasteiger charge is 2.27. The molecule has 2 unspecified atom stereocenters. The standard InChI is InChI=1S/C16H20N4O2/c1-11-6-8-19(10-12(11)9-17)15-5-4-14(20(21)22)13-3-2-7-18-16(13)15/h2-5,7,11-12H,6,8-10,17H2,1H3. The molecule has 0 bridgehead atoms. The largest absolute Gasteiger partial charge is 0.369 e. The van der Waals surface area contributed by atoms with Gasteiger partial charge in [0.05, 0.1) is 16.0 Å². The lowest BCUT2D eigenvalue weighted by molar-refractivity contribution is -0.383. The van der Waals surface area contributed by atoms with Gasteiger partial charge in [-0.2, -0.15) is 0 Å². The maximum Gasteiger partial charge on any atom is 0.278 e. The summed E-state index contributed by atoms with van der Waals surface area (Å²) in [4.78, 5) is 17.5. The molecule has 0 aliphatic carbocycles. The lowest BCUT2D eigenvalue weighted by Crippen LogP contribution is -2.42. The number of nitro groups is 1. The quantitative estimate of drug-likeness (QED) is 0.695. The topological polar surface area (TPSA) is 85.3 Å². The highest BCUT2D eigenvalue weighted by atomic mass is 16.6. The second kappa shape index (κ2) is 5.88. The predicted octanol–water partition coefficient (Wildman–Crippen LogP) is 2.56. The SMILES string of the molecule is CC1CCN(c2ccc([N+](=O)[O-])c3cccnc23)CC1CN. The number of hydrogen-bond acceptors (Lipinski definition) is 5. The fourth-order valence-corrected chi connectivity index (χ4v) is 3.23. The van der Waals surface area contributed by atoms with E-state index in [4.69, 9.17) is 5.73 Å². The Kier molecular flexibility index (Phi) is 3.94. The van der Waals surface area contributed by atoms with Crippen LogP contribution >= 0.6 is 0 Å². The fourth-order valence-electron chi connectivity index (χ4n) is 3.23.